The van der Waals surface area contributed by atoms with Gasteiger partial charge in [0, 0.05) is 40.5 Å². The van der Waals surface area contributed by atoms with Crippen molar-refractivity contribution in [2.45, 2.75) is 39.5 Å². The van der Waals surface area contributed by atoms with Gasteiger partial charge in [-0.3, -0.25) is 15.0 Å². The third-order valence-corrected chi connectivity index (χ3v) is 13.8. The largest absolute Gasteiger partial charge is 0.422 e. The molecule has 12 aromatic rings. The Bertz CT molecular complexity index is 4060. The molecule has 5 aromatic heterocycles. The van der Waals surface area contributed by atoms with Gasteiger partial charge in [-0.1, -0.05) is 132 Å². The van der Waals surface area contributed by atoms with Crippen LogP contribution in [-0.4, -0.2) is 15.0 Å². The lowest BCUT2D eigenvalue weighted by Gasteiger charge is -2.18. The van der Waals surface area contributed by atoms with Gasteiger partial charge in [0.05, 0.1) is 27.5 Å². The number of aryl methyl sites for hydroxylation is 6. The molecule has 0 amide bonds. The van der Waals surface area contributed by atoms with E-state index in [0.29, 0.717) is 58.7 Å². The van der Waals surface area contributed by atoms with Crippen molar-refractivity contribution >= 4 is 43.7 Å². The van der Waals surface area contributed by atoms with E-state index in [1.807, 2.05) is 123 Å². The lowest BCUT2D eigenvalue weighted by Crippen LogP contribution is -2.04. The van der Waals surface area contributed by atoms with Crippen LogP contribution in [0.4, 0.5) is 4.39 Å². The highest BCUT2D eigenvalue weighted by Gasteiger charge is 2.19. The minimum atomic E-state index is -0.425. The maximum atomic E-state index is 15.9. The van der Waals surface area contributed by atoms with E-state index in [1.54, 1.807) is 6.07 Å². The third-order valence-electron chi connectivity index (χ3n) is 13.8. The van der Waals surface area contributed by atoms with E-state index in [0.717, 1.165) is 99.9 Å². The van der Waals surface area contributed by atoms with Crippen molar-refractivity contribution in [3.05, 3.63) is 255 Å². The maximum Gasteiger partial charge on any atom is 0.345 e. The Kier molecular flexibility index (Phi) is 11.6. The van der Waals surface area contributed by atoms with Crippen LogP contribution in [0.2, 0.25) is 0 Å². The van der Waals surface area contributed by atoms with E-state index in [2.05, 4.69) is 72.8 Å². The van der Waals surface area contributed by atoms with Crippen LogP contribution in [0.25, 0.3) is 99.5 Å². The number of nitrogens with zero attached hydrogens (tertiary/aromatic N) is 3. The second kappa shape index (κ2) is 18.9. The summed E-state index contributed by atoms with van der Waals surface area (Å²) in [7, 11) is 0. The monoisotopic (exact) mass is 951 g/mol. The van der Waals surface area contributed by atoms with Crippen molar-refractivity contribution in [2.24, 2.45) is 0 Å². The second-order valence-electron chi connectivity index (χ2n) is 18.9. The van der Waals surface area contributed by atoms with Crippen LogP contribution in [0, 0.1) is 19.7 Å². The fraction of sp³-hybridized carbons (Fsp3) is 0.0923. The van der Waals surface area contributed by atoms with Crippen molar-refractivity contribution in [3.8, 4) is 55.8 Å². The van der Waals surface area contributed by atoms with Crippen LogP contribution in [0.1, 0.15) is 33.4 Å². The first-order chi connectivity index (χ1) is 35.7. The summed E-state index contributed by atoms with van der Waals surface area (Å²) < 4.78 is 27.3. The lowest BCUT2D eigenvalue weighted by molar-refractivity contribution is 0.569. The summed E-state index contributed by atoms with van der Waals surface area (Å²) in [5.41, 5.74) is 16.6. The molecule has 0 N–H and O–H groups in total. The standard InChI is InChI=1S/C65H46FN3O4/c1-39-13-25-60-54(27-39)62-56(64(70)72-60)32-43(36-68-62)17-15-41-29-42(16-18-44-33-57-63(69-37-44)55-28-40(2)14-26-61(55)73-65(57)71)31-49(30-41)52-34-50(66)23-24-51(52)58-38-67-59(48-11-7-4-8-12-48)35-53(58)47-21-19-46(20-22-47)45-9-5-3-6-10-45/h3-14,19-38H,15-18H2,1-2H3. The number of rotatable bonds is 11. The van der Waals surface area contributed by atoms with Gasteiger partial charge < -0.3 is 8.83 Å². The molecule has 5 heterocycles. The molecule has 8 heteroatoms. The van der Waals surface area contributed by atoms with Crippen molar-refractivity contribution in [1.29, 1.82) is 0 Å². The zero-order valence-corrected chi connectivity index (χ0v) is 40.2. The summed E-state index contributed by atoms with van der Waals surface area (Å²) in [4.78, 5) is 41.2. The van der Waals surface area contributed by atoms with E-state index >= 15 is 4.39 Å². The second-order valence-corrected chi connectivity index (χ2v) is 18.9. The molecule has 0 bridgehead atoms. The molecule has 7 aromatic carbocycles. The topological polar surface area (TPSA) is 99.1 Å². The van der Waals surface area contributed by atoms with Crippen molar-refractivity contribution in [1.82, 2.24) is 15.0 Å². The number of halogens is 1. The Labute approximate surface area is 420 Å². The van der Waals surface area contributed by atoms with Crippen LogP contribution in [0.5, 0.6) is 0 Å². The number of fused-ring (bicyclic) bond motifs is 6. The van der Waals surface area contributed by atoms with Gasteiger partial charge in [0.2, 0.25) is 0 Å². The molecule has 73 heavy (non-hydrogen) atoms. The first-order valence-corrected chi connectivity index (χ1v) is 24.5. The summed E-state index contributed by atoms with van der Waals surface area (Å²) in [5.74, 6) is -0.360. The third kappa shape index (κ3) is 9.00. The molecule has 7 nitrogen and oxygen atoms in total. The van der Waals surface area contributed by atoms with E-state index in [9.17, 15) is 9.59 Å². The summed E-state index contributed by atoms with van der Waals surface area (Å²) >= 11 is 0. The molecule has 0 fully saturated rings. The maximum absolute atomic E-state index is 15.9. The van der Waals surface area contributed by atoms with Gasteiger partial charge in [0.1, 0.15) is 17.0 Å². The van der Waals surface area contributed by atoms with Gasteiger partial charge in [-0.15, -0.1) is 0 Å². The quantitative estimate of drug-likeness (QED) is 0.0940. The smallest absolute Gasteiger partial charge is 0.345 e. The average Bonchev–Trinajstić information content (AvgIpc) is 3.43. The Morgan fingerprint density at radius 2 is 0.890 bits per heavy atom. The van der Waals surface area contributed by atoms with Gasteiger partial charge in [-0.25, -0.2) is 14.0 Å². The summed E-state index contributed by atoms with van der Waals surface area (Å²) in [6.45, 7) is 4.00. The summed E-state index contributed by atoms with van der Waals surface area (Å²) in [5, 5.41) is 2.47. The van der Waals surface area contributed by atoms with Crippen LogP contribution in [0.3, 0.4) is 0 Å². The lowest BCUT2D eigenvalue weighted by atomic mass is 9.87. The average molecular weight is 952 g/mol. The Hall–Kier alpha value is -9.14. The molecule has 0 saturated carbocycles. The normalized spacial score (nSPS) is 11.5. The molecule has 352 valence electrons. The Balaban J connectivity index is 0.954. The first kappa shape index (κ1) is 45.0. The molecular weight excluding hydrogens is 906 g/mol. The fourth-order valence-electron chi connectivity index (χ4n) is 10.1. The molecule has 0 unspecified atom stereocenters. The van der Waals surface area contributed by atoms with Crippen molar-refractivity contribution < 1.29 is 13.2 Å². The highest BCUT2D eigenvalue weighted by Crippen LogP contribution is 2.41. The van der Waals surface area contributed by atoms with Gasteiger partial charge in [-0.2, -0.15) is 0 Å². The number of benzene rings is 7. The fourth-order valence-corrected chi connectivity index (χ4v) is 10.1. The molecule has 0 spiro atoms. The zero-order valence-electron chi connectivity index (χ0n) is 40.2. The number of hydrogen-bond donors (Lipinski definition) is 0. The van der Waals surface area contributed by atoms with Gasteiger partial charge in [0.25, 0.3) is 0 Å². The molecule has 12 rings (SSSR count). The first-order valence-electron chi connectivity index (χ1n) is 24.5. The van der Waals surface area contributed by atoms with Gasteiger partial charge in [0.15, 0.2) is 0 Å². The van der Waals surface area contributed by atoms with Gasteiger partial charge >= 0.3 is 11.3 Å². The van der Waals surface area contributed by atoms with Crippen LogP contribution < -0.4 is 11.3 Å². The highest BCUT2D eigenvalue weighted by molar-refractivity contribution is 6.03. The minimum absolute atomic E-state index is 0.360. The summed E-state index contributed by atoms with van der Waals surface area (Å²) in [6, 6.07) is 57.8. The van der Waals surface area contributed by atoms with Crippen molar-refractivity contribution in [2.75, 3.05) is 0 Å². The molecule has 0 radical (unpaired) electrons. The minimum Gasteiger partial charge on any atom is -0.422 e. The molecule has 0 aliphatic carbocycles. The van der Waals surface area contributed by atoms with E-state index < -0.39 is 11.3 Å². The molecule has 0 aliphatic heterocycles. The number of aromatic nitrogens is 3. The molecular formula is C65H46FN3O4. The van der Waals surface area contributed by atoms with E-state index in [-0.39, 0.29) is 5.82 Å². The van der Waals surface area contributed by atoms with Gasteiger partial charge in [-0.05, 0) is 155 Å². The van der Waals surface area contributed by atoms with Crippen LogP contribution >= 0.6 is 0 Å². The molecule has 0 saturated heterocycles. The Morgan fingerprint density at radius 1 is 0.384 bits per heavy atom. The predicted molar refractivity (Wildman–Crippen MR) is 291 cm³/mol. The van der Waals surface area contributed by atoms with E-state index in [1.165, 1.54) is 6.07 Å². The van der Waals surface area contributed by atoms with Crippen LogP contribution in [-0.2, 0) is 25.7 Å². The summed E-state index contributed by atoms with van der Waals surface area (Å²) in [6.07, 6.45) is 7.96. The van der Waals surface area contributed by atoms with Crippen LogP contribution in [0.15, 0.2) is 213 Å². The number of hydrogen-bond acceptors (Lipinski definition) is 7. The van der Waals surface area contributed by atoms with E-state index in [4.69, 9.17) is 23.8 Å². The molecule has 0 aliphatic rings. The van der Waals surface area contributed by atoms with Crippen molar-refractivity contribution in [3.63, 3.8) is 0 Å². The highest BCUT2D eigenvalue weighted by atomic mass is 19.1. The SMILES string of the molecule is Cc1ccc2oc(=O)c3cc(CCc4cc(CCc5cnc6c(c5)c(=O)oc5ccc(C)cc56)cc(-c5cc(F)ccc5-c5cnc(-c6ccccc6)cc5-c5ccc(-c6ccccc6)cc5)c4)cnc3c2c1. The molecule has 0 atom stereocenters. The predicted octanol–water partition coefficient (Wildman–Crippen LogP) is 15.1. The number of pyridine rings is 3. The Morgan fingerprint density at radius 3 is 1.47 bits per heavy atom. The zero-order chi connectivity index (χ0) is 49.6.